The summed E-state index contributed by atoms with van der Waals surface area (Å²) >= 11 is 3.03. The minimum Gasteiger partial charge on any atom is -0.321 e. The van der Waals surface area contributed by atoms with E-state index in [-0.39, 0.29) is 5.91 Å². The number of imide groups is 1. The van der Waals surface area contributed by atoms with Gasteiger partial charge in [0.2, 0.25) is 0 Å². The van der Waals surface area contributed by atoms with Crippen LogP contribution in [-0.2, 0) is 4.79 Å². The van der Waals surface area contributed by atoms with Crippen molar-refractivity contribution in [3.05, 3.63) is 81.5 Å². The van der Waals surface area contributed by atoms with Crippen LogP contribution in [0, 0.1) is 18.8 Å². The summed E-state index contributed by atoms with van der Waals surface area (Å²) in [6.45, 7) is 2.05. The first-order valence-corrected chi connectivity index (χ1v) is 10.3. The van der Waals surface area contributed by atoms with Crippen molar-refractivity contribution >= 4 is 35.0 Å². The van der Waals surface area contributed by atoms with Gasteiger partial charge in [0, 0.05) is 20.9 Å². The summed E-state index contributed by atoms with van der Waals surface area (Å²) in [6, 6.07) is 17.0. The Bertz CT molecular complexity index is 1110. The zero-order valence-corrected chi connectivity index (χ0v) is 16.6. The van der Waals surface area contributed by atoms with Crippen LogP contribution >= 0.6 is 23.1 Å². The van der Waals surface area contributed by atoms with Gasteiger partial charge in [-0.1, -0.05) is 35.7 Å². The fourth-order valence-electron chi connectivity index (χ4n) is 2.81. The molecular formula is C22H16N2O2S2. The van der Waals surface area contributed by atoms with Crippen LogP contribution in [0.2, 0.25) is 0 Å². The second-order valence-corrected chi connectivity index (χ2v) is 8.35. The molecule has 1 aliphatic rings. The minimum absolute atomic E-state index is 0.309. The van der Waals surface area contributed by atoms with E-state index in [1.165, 1.54) is 16.9 Å². The van der Waals surface area contributed by atoms with Crippen LogP contribution in [-0.4, -0.2) is 11.9 Å². The predicted molar refractivity (Wildman–Crippen MR) is 111 cm³/mol. The van der Waals surface area contributed by atoms with Crippen molar-refractivity contribution in [2.45, 2.75) is 22.8 Å². The molecule has 0 radical (unpaired) electrons. The maximum atomic E-state index is 11.9. The van der Waals surface area contributed by atoms with Crippen molar-refractivity contribution in [3.63, 3.8) is 0 Å². The van der Waals surface area contributed by atoms with Crippen LogP contribution in [0.3, 0.4) is 0 Å². The number of hydrogen-bond donors (Lipinski definition) is 2. The lowest BCUT2D eigenvalue weighted by Gasteiger charge is -2.08. The maximum Gasteiger partial charge on any atom is 0.322 e. The molecule has 1 saturated heterocycles. The minimum atomic E-state index is -0.616. The van der Waals surface area contributed by atoms with Crippen molar-refractivity contribution in [2.75, 3.05) is 0 Å². The Balaban J connectivity index is 1.48. The van der Waals surface area contributed by atoms with Crippen LogP contribution in [0.1, 0.15) is 27.6 Å². The number of rotatable bonds is 3. The largest absolute Gasteiger partial charge is 0.322 e. The van der Waals surface area contributed by atoms with Crippen LogP contribution in [0.15, 0.2) is 69.8 Å². The Hall–Kier alpha value is -3.01. The number of hydrogen-bond acceptors (Lipinski definition) is 4. The Labute approximate surface area is 171 Å². The molecule has 2 heterocycles. The van der Waals surface area contributed by atoms with Gasteiger partial charge in [-0.25, -0.2) is 4.79 Å². The van der Waals surface area contributed by atoms with Crippen molar-refractivity contribution < 1.29 is 9.59 Å². The SMILES string of the molecule is Cc1cccc(C#Cc2ccc(Sc3ccsc3C3NC(=O)NC3=O)cc2)c1. The Morgan fingerprint density at radius 2 is 1.79 bits per heavy atom. The molecule has 3 aromatic rings. The van der Waals surface area contributed by atoms with Crippen LogP contribution in [0.25, 0.3) is 0 Å². The fourth-order valence-corrected chi connectivity index (χ4v) is 4.88. The zero-order valence-electron chi connectivity index (χ0n) is 15.0. The molecule has 1 fully saturated rings. The fraction of sp³-hybridized carbons (Fsp3) is 0.0909. The molecule has 3 amide bonds. The van der Waals surface area contributed by atoms with Gasteiger partial charge in [0.25, 0.3) is 5.91 Å². The summed E-state index contributed by atoms with van der Waals surface area (Å²) in [4.78, 5) is 26.2. The van der Waals surface area contributed by atoms with Gasteiger partial charge < -0.3 is 5.32 Å². The molecule has 0 bridgehead atoms. The van der Waals surface area contributed by atoms with Gasteiger partial charge in [0.05, 0.1) is 4.88 Å². The molecule has 6 heteroatoms. The molecular weight excluding hydrogens is 388 g/mol. The maximum absolute atomic E-state index is 11.9. The molecule has 0 spiro atoms. The highest BCUT2D eigenvalue weighted by Gasteiger charge is 2.33. The van der Waals surface area contributed by atoms with E-state index in [4.69, 9.17) is 0 Å². The first-order chi connectivity index (χ1) is 13.6. The first-order valence-electron chi connectivity index (χ1n) is 8.64. The van der Waals surface area contributed by atoms with Crippen molar-refractivity contribution in [2.24, 2.45) is 0 Å². The van der Waals surface area contributed by atoms with E-state index in [2.05, 4.69) is 41.5 Å². The van der Waals surface area contributed by atoms with E-state index in [0.717, 1.165) is 25.8 Å². The molecule has 1 aliphatic heterocycles. The lowest BCUT2D eigenvalue weighted by Crippen LogP contribution is -2.22. The number of nitrogens with one attached hydrogen (secondary N) is 2. The summed E-state index contributed by atoms with van der Waals surface area (Å²) < 4.78 is 0. The molecule has 138 valence electrons. The second-order valence-electron chi connectivity index (χ2n) is 6.29. The van der Waals surface area contributed by atoms with E-state index in [9.17, 15) is 9.59 Å². The lowest BCUT2D eigenvalue weighted by molar-refractivity contribution is -0.120. The highest BCUT2D eigenvalue weighted by molar-refractivity contribution is 7.99. The number of carbonyl (C=O) groups excluding carboxylic acids is 2. The van der Waals surface area contributed by atoms with Crippen LogP contribution in [0.4, 0.5) is 4.79 Å². The number of carbonyl (C=O) groups is 2. The smallest absolute Gasteiger partial charge is 0.321 e. The number of urea groups is 1. The number of aryl methyl sites for hydroxylation is 1. The molecule has 1 unspecified atom stereocenters. The summed E-state index contributed by atoms with van der Waals surface area (Å²) in [5, 5.41) is 6.86. The zero-order chi connectivity index (χ0) is 19.5. The quantitative estimate of drug-likeness (QED) is 0.500. The van der Waals surface area contributed by atoms with E-state index in [1.807, 2.05) is 47.8 Å². The number of benzene rings is 2. The number of amides is 3. The highest BCUT2D eigenvalue weighted by Crippen LogP contribution is 2.37. The normalized spacial score (nSPS) is 15.5. The Morgan fingerprint density at radius 3 is 2.50 bits per heavy atom. The average molecular weight is 405 g/mol. The van der Waals surface area contributed by atoms with E-state index in [0.29, 0.717) is 0 Å². The predicted octanol–water partition coefficient (Wildman–Crippen LogP) is 4.49. The van der Waals surface area contributed by atoms with Crippen LogP contribution < -0.4 is 10.6 Å². The third-order valence-electron chi connectivity index (χ3n) is 4.15. The van der Waals surface area contributed by atoms with E-state index >= 15 is 0 Å². The monoisotopic (exact) mass is 404 g/mol. The summed E-state index contributed by atoms with van der Waals surface area (Å²) in [6.07, 6.45) is 0. The molecule has 1 aromatic heterocycles. The molecule has 28 heavy (non-hydrogen) atoms. The average Bonchev–Trinajstić information content (AvgIpc) is 3.26. The van der Waals surface area contributed by atoms with Crippen molar-refractivity contribution in [1.82, 2.24) is 10.6 Å². The van der Waals surface area contributed by atoms with E-state index in [1.54, 1.807) is 11.8 Å². The molecule has 0 aliphatic carbocycles. The second kappa shape index (κ2) is 7.93. The summed E-state index contributed by atoms with van der Waals surface area (Å²) in [5.41, 5.74) is 3.13. The van der Waals surface area contributed by atoms with Gasteiger partial charge in [-0.05, 0) is 60.3 Å². The topological polar surface area (TPSA) is 58.2 Å². The lowest BCUT2D eigenvalue weighted by atomic mass is 10.1. The van der Waals surface area contributed by atoms with Gasteiger partial charge in [-0.2, -0.15) is 0 Å². The third-order valence-corrected chi connectivity index (χ3v) is 6.34. The van der Waals surface area contributed by atoms with Gasteiger partial charge in [0.1, 0.15) is 6.04 Å². The molecule has 4 nitrogen and oxygen atoms in total. The first kappa shape index (κ1) is 18.4. The molecule has 0 saturated carbocycles. The van der Waals surface area contributed by atoms with Gasteiger partial charge in [0.15, 0.2) is 0 Å². The summed E-state index contributed by atoms with van der Waals surface area (Å²) in [7, 11) is 0. The molecule has 2 N–H and O–H groups in total. The van der Waals surface area contributed by atoms with Gasteiger partial charge in [-0.15, -0.1) is 11.3 Å². The molecule has 2 aromatic carbocycles. The van der Waals surface area contributed by atoms with Crippen molar-refractivity contribution in [3.8, 4) is 11.8 Å². The standard InChI is InChI=1S/C22H16N2O2S2/c1-14-3-2-4-16(13-14)6-5-15-7-9-17(10-8-15)28-18-11-12-27-20(18)19-21(25)24-22(26)23-19/h2-4,7-13,19H,1H3,(H2,23,24,25,26). The number of thiophene rings is 1. The summed E-state index contributed by atoms with van der Waals surface area (Å²) in [5.74, 6) is 6.06. The van der Waals surface area contributed by atoms with Crippen molar-refractivity contribution in [1.29, 1.82) is 0 Å². The third kappa shape index (κ3) is 4.11. The van der Waals surface area contributed by atoms with E-state index < -0.39 is 12.1 Å². The Morgan fingerprint density at radius 1 is 1.00 bits per heavy atom. The van der Waals surface area contributed by atoms with Crippen LogP contribution in [0.5, 0.6) is 0 Å². The van der Waals surface area contributed by atoms with Gasteiger partial charge >= 0.3 is 6.03 Å². The highest BCUT2D eigenvalue weighted by atomic mass is 32.2. The van der Waals surface area contributed by atoms with Gasteiger partial charge in [-0.3, -0.25) is 10.1 Å². The Kier molecular flexibility index (Phi) is 5.20. The molecule has 1 atom stereocenters. The molecule has 4 rings (SSSR count).